The minimum absolute atomic E-state index is 0.102. The predicted molar refractivity (Wildman–Crippen MR) is 84.7 cm³/mol. The number of hydrogen-bond donors (Lipinski definition) is 1. The minimum atomic E-state index is -0.521. The van der Waals surface area contributed by atoms with Crippen LogP contribution in [-0.2, 0) is 4.74 Å². The third-order valence-electron chi connectivity index (χ3n) is 4.25. The Labute approximate surface area is 131 Å². The zero-order valence-corrected chi connectivity index (χ0v) is 12.8. The maximum atomic E-state index is 12.4. The molecule has 2 aromatic heterocycles. The topological polar surface area (TPSA) is 76.5 Å². The number of hydrogen-bond acceptors (Lipinski definition) is 4. The molecule has 2 heterocycles. The Kier molecular flexibility index (Phi) is 2.87. The Balaban J connectivity index is 2.01. The van der Waals surface area contributed by atoms with Gasteiger partial charge in [-0.2, -0.15) is 0 Å². The van der Waals surface area contributed by atoms with Gasteiger partial charge in [0.15, 0.2) is 5.69 Å². The van der Waals surface area contributed by atoms with Crippen LogP contribution in [0.5, 0.6) is 0 Å². The second kappa shape index (κ2) is 4.81. The number of rotatable bonds is 2. The van der Waals surface area contributed by atoms with E-state index in [1.807, 2.05) is 24.3 Å². The molecule has 6 heteroatoms. The molecule has 0 aliphatic heterocycles. The summed E-state index contributed by atoms with van der Waals surface area (Å²) in [4.78, 5) is 31.3. The summed E-state index contributed by atoms with van der Waals surface area (Å²) in [5.74, 6) is -0.419. The van der Waals surface area contributed by atoms with Crippen LogP contribution < -0.4 is 5.56 Å². The fraction of sp³-hybridized carbons (Fsp3) is 0.235. The molecule has 1 N–H and O–H groups in total. The Bertz CT molecular complexity index is 1000. The van der Waals surface area contributed by atoms with Crippen LogP contribution >= 0.6 is 0 Å². The minimum Gasteiger partial charge on any atom is -0.461 e. The first kappa shape index (κ1) is 13.8. The first-order chi connectivity index (χ1) is 11.1. The summed E-state index contributed by atoms with van der Waals surface area (Å²) in [6.07, 6.45) is 1.59. The van der Waals surface area contributed by atoms with E-state index in [4.69, 9.17) is 4.74 Å². The summed E-state index contributed by atoms with van der Waals surface area (Å²) in [5, 5.41) is 0. The van der Waals surface area contributed by atoms with Gasteiger partial charge < -0.3 is 9.72 Å². The molecule has 1 atom stereocenters. The number of aromatic nitrogens is 3. The third-order valence-corrected chi connectivity index (χ3v) is 4.25. The van der Waals surface area contributed by atoms with Crippen molar-refractivity contribution < 1.29 is 9.53 Å². The Morgan fingerprint density at radius 3 is 2.96 bits per heavy atom. The van der Waals surface area contributed by atoms with Crippen LogP contribution in [0.3, 0.4) is 0 Å². The first-order valence-corrected chi connectivity index (χ1v) is 7.53. The molecular formula is C17H15N3O3. The molecule has 23 heavy (non-hydrogen) atoms. The smallest absolute Gasteiger partial charge is 0.358 e. The monoisotopic (exact) mass is 309 g/mol. The summed E-state index contributed by atoms with van der Waals surface area (Å²) in [7, 11) is 0. The van der Waals surface area contributed by atoms with Crippen molar-refractivity contribution in [3.05, 3.63) is 57.8 Å². The van der Waals surface area contributed by atoms with Gasteiger partial charge in [0.25, 0.3) is 5.56 Å². The highest BCUT2D eigenvalue weighted by molar-refractivity contribution is 5.88. The molecule has 3 aromatic rings. The lowest BCUT2D eigenvalue weighted by Gasteiger charge is -2.08. The highest BCUT2D eigenvalue weighted by Gasteiger charge is 2.30. The van der Waals surface area contributed by atoms with Crippen LogP contribution in [0.15, 0.2) is 35.3 Å². The van der Waals surface area contributed by atoms with E-state index in [9.17, 15) is 9.59 Å². The fourth-order valence-corrected chi connectivity index (χ4v) is 3.26. The second-order valence-corrected chi connectivity index (χ2v) is 5.56. The van der Waals surface area contributed by atoms with Crippen molar-refractivity contribution >= 4 is 11.6 Å². The van der Waals surface area contributed by atoms with Crippen LogP contribution in [0.1, 0.15) is 41.5 Å². The van der Waals surface area contributed by atoms with E-state index in [2.05, 4.69) is 16.9 Å². The zero-order chi connectivity index (χ0) is 16.1. The van der Waals surface area contributed by atoms with Gasteiger partial charge in [0, 0.05) is 17.7 Å². The van der Waals surface area contributed by atoms with Gasteiger partial charge >= 0.3 is 5.97 Å². The molecule has 0 saturated carbocycles. The molecule has 0 radical (unpaired) electrons. The van der Waals surface area contributed by atoms with Gasteiger partial charge in [0.1, 0.15) is 0 Å². The van der Waals surface area contributed by atoms with Crippen molar-refractivity contribution in [2.45, 2.75) is 19.8 Å². The van der Waals surface area contributed by atoms with Crippen LogP contribution in [-0.4, -0.2) is 26.9 Å². The van der Waals surface area contributed by atoms with Crippen molar-refractivity contribution in [3.8, 4) is 11.3 Å². The Morgan fingerprint density at radius 2 is 2.17 bits per heavy atom. The van der Waals surface area contributed by atoms with E-state index in [0.29, 0.717) is 0 Å². The number of esters is 1. The number of H-pyrrole nitrogens is 1. The van der Waals surface area contributed by atoms with Crippen molar-refractivity contribution in [1.29, 1.82) is 0 Å². The SMILES string of the molecule is CCOC(=O)c1cn2c3c([nH]c(=O)c2n1)-c1ccccc1C3C. The van der Waals surface area contributed by atoms with Gasteiger partial charge in [0.2, 0.25) is 5.65 Å². The van der Waals surface area contributed by atoms with E-state index in [0.717, 1.165) is 22.5 Å². The number of nitrogens with zero attached hydrogens (tertiary/aromatic N) is 2. The lowest BCUT2D eigenvalue weighted by atomic mass is 10.0. The maximum Gasteiger partial charge on any atom is 0.358 e. The number of imidazole rings is 1. The predicted octanol–water partition coefficient (Wildman–Crippen LogP) is 2.33. The lowest BCUT2D eigenvalue weighted by molar-refractivity contribution is 0.0520. The molecule has 1 aliphatic carbocycles. The highest BCUT2D eigenvalue weighted by Crippen LogP contribution is 2.42. The summed E-state index contributed by atoms with van der Waals surface area (Å²) in [5.41, 5.74) is 3.93. The van der Waals surface area contributed by atoms with E-state index in [1.54, 1.807) is 17.5 Å². The maximum absolute atomic E-state index is 12.4. The largest absolute Gasteiger partial charge is 0.461 e. The normalized spacial score (nSPS) is 15.5. The van der Waals surface area contributed by atoms with E-state index < -0.39 is 5.97 Å². The summed E-state index contributed by atoms with van der Waals surface area (Å²) in [6.45, 7) is 4.08. The van der Waals surface area contributed by atoms with Crippen molar-refractivity contribution in [2.75, 3.05) is 6.61 Å². The quantitative estimate of drug-likeness (QED) is 0.737. The molecule has 116 valence electrons. The summed E-state index contributed by atoms with van der Waals surface area (Å²) in [6, 6.07) is 7.96. The molecule has 0 saturated heterocycles. The zero-order valence-electron chi connectivity index (χ0n) is 12.8. The number of aromatic amines is 1. The molecule has 1 aromatic carbocycles. The van der Waals surface area contributed by atoms with Gasteiger partial charge in [-0.15, -0.1) is 0 Å². The van der Waals surface area contributed by atoms with Crippen LogP contribution in [0.25, 0.3) is 16.9 Å². The van der Waals surface area contributed by atoms with Crippen LogP contribution in [0.4, 0.5) is 0 Å². The number of benzene rings is 1. The molecule has 6 nitrogen and oxygen atoms in total. The lowest BCUT2D eigenvalue weighted by Crippen LogP contribution is -2.14. The van der Waals surface area contributed by atoms with Crippen molar-refractivity contribution in [2.24, 2.45) is 0 Å². The van der Waals surface area contributed by atoms with Crippen LogP contribution in [0.2, 0.25) is 0 Å². The molecule has 0 fully saturated rings. The van der Waals surface area contributed by atoms with E-state index in [1.165, 1.54) is 0 Å². The number of nitrogens with one attached hydrogen (secondary N) is 1. The standard InChI is InChI=1S/C17H15N3O3/c1-3-23-17(22)12-8-20-14-9(2)10-6-4-5-7-11(10)13(14)19-16(21)15(20)18-12/h4-9H,3H2,1-2H3,(H,19,21). The number of ether oxygens (including phenoxy) is 1. The summed E-state index contributed by atoms with van der Waals surface area (Å²) >= 11 is 0. The van der Waals surface area contributed by atoms with Gasteiger partial charge in [-0.05, 0) is 12.5 Å². The molecule has 0 amide bonds. The van der Waals surface area contributed by atoms with Crippen LogP contribution in [0, 0.1) is 0 Å². The van der Waals surface area contributed by atoms with Crippen molar-refractivity contribution in [1.82, 2.24) is 14.4 Å². The molecule has 1 aliphatic rings. The second-order valence-electron chi connectivity index (χ2n) is 5.56. The van der Waals surface area contributed by atoms with Gasteiger partial charge in [-0.3, -0.25) is 9.20 Å². The number of carbonyl (C=O) groups is 1. The van der Waals surface area contributed by atoms with Gasteiger partial charge in [-0.25, -0.2) is 9.78 Å². The van der Waals surface area contributed by atoms with Gasteiger partial charge in [-0.1, -0.05) is 31.2 Å². The third kappa shape index (κ3) is 1.84. The van der Waals surface area contributed by atoms with Gasteiger partial charge in [0.05, 0.1) is 18.0 Å². The average Bonchev–Trinajstić information content (AvgIpc) is 3.10. The van der Waals surface area contributed by atoms with Crippen molar-refractivity contribution in [3.63, 3.8) is 0 Å². The first-order valence-electron chi connectivity index (χ1n) is 7.53. The molecule has 0 spiro atoms. The fourth-order valence-electron chi connectivity index (χ4n) is 3.26. The molecule has 0 bridgehead atoms. The number of carbonyl (C=O) groups excluding carboxylic acids is 1. The molecule has 4 rings (SSSR count). The highest BCUT2D eigenvalue weighted by atomic mass is 16.5. The number of fused-ring (bicyclic) bond motifs is 5. The molecular weight excluding hydrogens is 294 g/mol. The molecule has 1 unspecified atom stereocenters. The summed E-state index contributed by atoms with van der Waals surface area (Å²) < 4.78 is 6.69. The Hall–Kier alpha value is -2.89. The van der Waals surface area contributed by atoms with E-state index >= 15 is 0 Å². The average molecular weight is 309 g/mol. The van der Waals surface area contributed by atoms with E-state index in [-0.39, 0.29) is 29.4 Å². The Morgan fingerprint density at radius 1 is 1.39 bits per heavy atom.